The first-order chi connectivity index (χ1) is 8.65. The highest BCUT2D eigenvalue weighted by molar-refractivity contribution is 9.10. The van der Waals surface area contributed by atoms with Gasteiger partial charge in [0.25, 0.3) is 0 Å². The molecule has 4 nitrogen and oxygen atoms in total. The van der Waals surface area contributed by atoms with Crippen LogP contribution in [0.15, 0.2) is 34.9 Å². The predicted molar refractivity (Wildman–Crippen MR) is 74.4 cm³/mol. The van der Waals surface area contributed by atoms with Crippen molar-refractivity contribution in [3.05, 3.63) is 46.1 Å². The SMILES string of the molecule is Cc1cn[nH]c1NC(=O)CCc1cccc(Br)c1. The number of aromatic nitrogens is 2. The minimum Gasteiger partial charge on any atom is -0.311 e. The summed E-state index contributed by atoms with van der Waals surface area (Å²) in [4.78, 5) is 11.8. The molecule has 0 saturated heterocycles. The molecule has 18 heavy (non-hydrogen) atoms. The van der Waals surface area contributed by atoms with Gasteiger partial charge in [0.2, 0.25) is 5.91 Å². The lowest BCUT2D eigenvalue weighted by atomic mass is 10.1. The summed E-state index contributed by atoms with van der Waals surface area (Å²) in [6, 6.07) is 7.97. The average molecular weight is 308 g/mol. The number of nitrogens with zero attached hydrogens (tertiary/aromatic N) is 1. The van der Waals surface area contributed by atoms with E-state index in [1.807, 2.05) is 31.2 Å². The zero-order chi connectivity index (χ0) is 13.0. The number of carbonyl (C=O) groups is 1. The third-order valence-corrected chi connectivity index (χ3v) is 3.12. The van der Waals surface area contributed by atoms with E-state index in [0.717, 1.165) is 22.0 Å². The van der Waals surface area contributed by atoms with Crippen LogP contribution in [0.2, 0.25) is 0 Å². The molecule has 2 rings (SSSR count). The third kappa shape index (κ3) is 3.43. The van der Waals surface area contributed by atoms with E-state index in [1.54, 1.807) is 6.20 Å². The molecule has 5 heteroatoms. The van der Waals surface area contributed by atoms with Crippen LogP contribution in [0, 0.1) is 6.92 Å². The highest BCUT2D eigenvalue weighted by atomic mass is 79.9. The van der Waals surface area contributed by atoms with Crippen molar-refractivity contribution in [1.82, 2.24) is 10.2 Å². The van der Waals surface area contributed by atoms with Gasteiger partial charge in [-0.05, 0) is 31.0 Å². The number of nitrogens with one attached hydrogen (secondary N) is 2. The van der Waals surface area contributed by atoms with Gasteiger partial charge in [-0.1, -0.05) is 28.1 Å². The lowest BCUT2D eigenvalue weighted by Gasteiger charge is -2.04. The molecular weight excluding hydrogens is 294 g/mol. The predicted octanol–water partition coefficient (Wildman–Crippen LogP) is 3.05. The summed E-state index contributed by atoms with van der Waals surface area (Å²) in [7, 11) is 0. The first-order valence-electron chi connectivity index (χ1n) is 5.69. The lowest BCUT2D eigenvalue weighted by Crippen LogP contribution is -2.13. The normalized spacial score (nSPS) is 10.3. The fraction of sp³-hybridized carbons (Fsp3) is 0.231. The van der Waals surface area contributed by atoms with Gasteiger partial charge in [-0.15, -0.1) is 0 Å². The Balaban J connectivity index is 1.87. The lowest BCUT2D eigenvalue weighted by molar-refractivity contribution is -0.116. The van der Waals surface area contributed by atoms with E-state index < -0.39 is 0 Å². The maximum absolute atomic E-state index is 11.8. The van der Waals surface area contributed by atoms with Crippen molar-refractivity contribution in [3.8, 4) is 0 Å². The second-order valence-electron chi connectivity index (χ2n) is 4.11. The van der Waals surface area contributed by atoms with Gasteiger partial charge in [-0.2, -0.15) is 5.10 Å². The summed E-state index contributed by atoms with van der Waals surface area (Å²) in [6.07, 6.45) is 2.86. The van der Waals surface area contributed by atoms with E-state index in [4.69, 9.17) is 0 Å². The zero-order valence-electron chi connectivity index (χ0n) is 10.0. The van der Waals surface area contributed by atoms with Gasteiger partial charge in [-0.25, -0.2) is 0 Å². The van der Waals surface area contributed by atoms with Crippen molar-refractivity contribution in [2.24, 2.45) is 0 Å². The Kier molecular flexibility index (Phi) is 4.15. The summed E-state index contributed by atoms with van der Waals surface area (Å²) in [5, 5.41) is 9.42. The summed E-state index contributed by atoms with van der Waals surface area (Å²) in [5.74, 6) is 0.663. The van der Waals surface area contributed by atoms with E-state index >= 15 is 0 Å². The Morgan fingerprint density at radius 3 is 3.00 bits per heavy atom. The number of H-pyrrole nitrogens is 1. The number of amides is 1. The smallest absolute Gasteiger partial charge is 0.225 e. The van der Waals surface area contributed by atoms with Crippen LogP contribution in [-0.2, 0) is 11.2 Å². The van der Waals surface area contributed by atoms with Crippen LogP contribution in [0.25, 0.3) is 0 Å². The number of anilines is 1. The highest BCUT2D eigenvalue weighted by Gasteiger charge is 2.06. The molecule has 1 aromatic heterocycles. The first-order valence-corrected chi connectivity index (χ1v) is 6.49. The Labute approximate surface area is 114 Å². The van der Waals surface area contributed by atoms with Crippen LogP contribution in [0.5, 0.6) is 0 Å². The molecule has 0 aliphatic carbocycles. The van der Waals surface area contributed by atoms with Crippen molar-refractivity contribution in [3.63, 3.8) is 0 Å². The Bertz CT molecular complexity index is 551. The molecule has 1 amide bonds. The number of aryl methyl sites for hydroxylation is 2. The van der Waals surface area contributed by atoms with Gasteiger partial charge in [-0.3, -0.25) is 9.89 Å². The maximum Gasteiger partial charge on any atom is 0.225 e. The summed E-state index contributed by atoms with van der Waals surface area (Å²) >= 11 is 3.41. The van der Waals surface area contributed by atoms with E-state index in [0.29, 0.717) is 12.2 Å². The quantitative estimate of drug-likeness (QED) is 0.912. The summed E-state index contributed by atoms with van der Waals surface area (Å²) in [6.45, 7) is 1.90. The maximum atomic E-state index is 11.8. The molecule has 0 atom stereocenters. The molecular formula is C13H14BrN3O. The molecule has 0 saturated carbocycles. The largest absolute Gasteiger partial charge is 0.311 e. The number of aromatic amines is 1. The third-order valence-electron chi connectivity index (χ3n) is 2.62. The molecule has 2 N–H and O–H groups in total. The van der Waals surface area contributed by atoms with Crippen LogP contribution in [-0.4, -0.2) is 16.1 Å². The van der Waals surface area contributed by atoms with E-state index in [2.05, 4.69) is 31.4 Å². The molecule has 2 aromatic rings. The van der Waals surface area contributed by atoms with Crippen molar-refractivity contribution in [2.75, 3.05) is 5.32 Å². The number of hydrogen-bond acceptors (Lipinski definition) is 2. The van der Waals surface area contributed by atoms with Gasteiger partial charge in [0.1, 0.15) is 5.82 Å². The van der Waals surface area contributed by atoms with Crippen molar-refractivity contribution >= 4 is 27.7 Å². The molecule has 0 fully saturated rings. The van der Waals surface area contributed by atoms with Crippen molar-refractivity contribution in [2.45, 2.75) is 19.8 Å². The Morgan fingerprint density at radius 1 is 1.50 bits per heavy atom. The molecule has 94 valence electrons. The molecule has 0 aliphatic heterocycles. The Hall–Kier alpha value is -1.62. The standard InChI is InChI=1S/C13H14BrN3O/c1-9-8-15-17-13(9)16-12(18)6-5-10-3-2-4-11(14)7-10/h2-4,7-8H,5-6H2,1H3,(H2,15,16,17,18). The highest BCUT2D eigenvalue weighted by Crippen LogP contribution is 2.14. The zero-order valence-corrected chi connectivity index (χ0v) is 11.6. The molecule has 0 radical (unpaired) electrons. The Morgan fingerprint density at radius 2 is 2.33 bits per heavy atom. The molecule has 0 bridgehead atoms. The number of benzene rings is 1. The fourth-order valence-corrected chi connectivity index (χ4v) is 2.07. The second kappa shape index (κ2) is 5.82. The molecule has 0 spiro atoms. The van der Waals surface area contributed by atoms with Crippen molar-refractivity contribution < 1.29 is 4.79 Å². The fourth-order valence-electron chi connectivity index (χ4n) is 1.63. The summed E-state index contributed by atoms with van der Waals surface area (Å²) in [5.41, 5.74) is 2.08. The van der Waals surface area contributed by atoms with Crippen LogP contribution >= 0.6 is 15.9 Å². The molecule has 0 aliphatic rings. The van der Waals surface area contributed by atoms with E-state index in [1.165, 1.54) is 0 Å². The van der Waals surface area contributed by atoms with Gasteiger partial charge >= 0.3 is 0 Å². The van der Waals surface area contributed by atoms with Gasteiger partial charge in [0, 0.05) is 16.5 Å². The number of rotatable bonds is 4. The van der Waals surface area contributed by atoms with Crippen LogP contribution in [0.1, 0.15) is 17.5 Å². The topological polar surface area (TPSA) is 57.8 Å². The van der Waals surface area contributed by atoms with E-state index in [-0.39, 0.29) is 5.91 Å². The van der Waals surface area contributed by atoms with Crippen molar-refractivity contribution in [1.29, 1.82) is 0 Å². The molecule has 1 heterocycles. The number of carbonyl (C=O) groups excluding carboxylic acids is 1. The van der Waals surface area contributed by atoms with Gasteiger partial charge < -0.3 is 5.32 Å². The molecule has 1 aromatic carbocycles. The minimum absolute atomic E-state index is 0.0117. The first kappa shape index (κ1) is 12.8. The minimum atomic E-state index is -0.0117. The number of halogens is 1. The number of hydrogen-bond donors (Lipinski definition) is 2. The van der Waals surface area contributed by atoms with Gasteiger partial charge in [0.15, 0.2) is 0 Å². The van der Waals surface area contributed by atoms with E-state index in [9.17, 15) is 4.79 Å². The average Bonchev–Trinajstić information content (AvgIpc) is 2.73. The second-order valence-corrected chi connectivity index (χ2v) is 5.02. The molecule has 0 unspecified atom stereocenters. The van der Waals surface area contributed by atoms with Crippen LogP contribution < -0.4 is 5.32 Å². The van der Waals surface area contributed by atoms with Gasteiger partial charge in [0.05, 0.1) is 6.20 Å². The summed E-state index contributed by atoms with van der Waals surface area (Å²) < 4.78 is 1.03. The monoisotopic (exact) mass is 307 g/mol. The van der Waals surface area contributed by atoms with Crippen LogP contribution in [0.3, 0.4) is 0 Å². The van der Waals surface area contributed by atoms with Crippen LogP contribution in [0.4, 0.5) is 5.82 Å².